The Bertz CT molecular complexity index is 431. The molecule has 0 spiro atoms. The van der Waals surface area contributed by atoms with Gasteiger partial charge >= 0.3 is 0 Å². The SMILES string of the molecule is CCOCc1cc2cc(C)ccc2[nH]1. The summed E-state index contributed by atoms with van der Waals surface area (Å²) in [6.45, 7) is 5.54. The van der Waals surface area contributed by atoms with Gasteiger partial charge in [-0.1, -0.05) is 11.6 Å². The van der Waals surface area contributed by atoms with Crippen LogP contribution in [0.15, 0.2) is 24.3 Å². The molecule has 0 fully saturated rings. The van der Waals surface area contributed by atoms with Crippen LogP contribution in [-0.2, 0) is 11.3 Å². The van der Waals surface area contributed by atoms with Crippen LogP contribution in [0.3, 0.4) is 0 Å². The Morgan fingerprint density at radius 3 is 2.93 bits per heavy atom. The largest absolute Gasteiger partial charge is 0.376 e. The van der Waals surface area contributed by atoms with E-state index in [0.717, 1.165) is 12.3 Å². The predicted molar refractivity (Wildman–Crippen MR) is 58.4 cm³/mol. The van der Waals surface area contributed by atoms with Crippen molar-refractivity contribution in [2.75, 3.05) is 6.61 Å². The zero-order chi connectivity index (χ0) is 9.97. The maximum absolute atomic E-state index is 5.35. The molecule has 2 nitrogen and oxygen atoms in total. The van der Waals surface area contributed by atoms with Crippen LogP contribution in [0.2, 0.25) is 0 Å². The first-order valence-electron chi connectivity index (χ1n) is 4.95. The standard InChI is InChI=1S/C12H15NO/c1-3-14-8-11-7-10-6-9(2)4-5-12(10)13-11/h4-7,13H,3,8H2,1-2H3. The van der Waals surface area contributed by atoms with E-state index >= 15 is 0 Å². The van der Waals surface area contributed by atoms with Gasteiger partial charge in [-0.25, -0.2) is 0 Å². The lowest BCUT2D eigenvalue weighted by atomic mass is 10.2. The average molecular weight is 189 g/mol. The number of fused-ring (bicyclic) bond motifs is 1. The lowest BCUT2D eigenvalue weighted by molar-refractivity contribution is 0.132. The van der Waals surface area contributed by atoms with Crippen LogP contribution in [0.25, 0.3) is 10.9 Å². The van der Waals surface area contributed by atoms with Crippen molar-refractivity contribution in [1.29, 1.82) is 0 Å². The molecular weight excluding hydrogens is 174 g/mol. The fourth-order valence-corrected chi connectivity index (χ4v) is 1.60. The van der Waals surface area contributed by atoms with Crippen molar-refractivity contribution in [3.8, 4) is 0 Å². The molecule has 2 heteroatoms. The Hall–Kier alpha value is -1.28. The molecule has 0 radical (unpaired) electrons. The molecule has 0 aliphatic rings. The molecule has 2 aromatic rings. The van der Waals surface area contributed by atoms with Gasteiger partial charge in [-0.15, -0.1) is 0 Å². The molecule has 1 aromatic heterocycles. The van der Waals surface area contributed by atoms with E-state index in [9.17, 15) is 0 Å². The van der Waals surface area contributed by atoms with Crippen LogP contribution in [0.5, 0.6) is 0 Å². The summed E-state index contributed by atoms with van der Waals surface area (Å²) in [4.78, 5) is 3.33. The summed E-state index contributed by atoms with van der Waals surface area (Å²) < 4.78 is 5.35. The van der Waals surface area contributed by atoms with Gasteiger partial charge in [0.05, 0.1) is 6.61 Å². The third-order valence-corrected chi connectivity index (χ3v) is 2.29. The quantitative estimate of drug-likeness (QED) is 0.788. The van der Waals surface area contributed by atoms with Crippen molar-refractivity contribution in [2.24, 2.45) is 0 Å². The predicted octanol–water partition coefficient (Wildman–Crippen LogP) is 3.01. The number of benzene rings is 1. The Labute approximate surface area is 83.9 Å². The van der Waals surface area contributed by atoms with E-state index < -0.39 is 0 Å². The Balaban J connectivity index is 2.32. The highest BCUT2D eigenvalue weighted by molar-refractivity contribution is 5.81. The summed E-state index contributed by atoms with van der Waals surface area (Å²) in [5.41, 5.74) is 3.62. The second kappa shape index (κ2) is 3.84. The Kier molecular flexibility index (Phi) is 2.55. The van der Waals surface area contributed by atoms with Gasteiger partial charge < -0.3 is 9.72 Å². The molecule has 0 saturated heterocycles. The normalized spacial score (nSPS) is 11.0. The van der Waals surface area contributed by atoms with E-state index in [2.05, 4.69) is 36.2 Å². The number of aromatic amines is 1. The minimum absolute atomic E-state index is 0.671. The van der Waals surface area contributed by atoms with Gasteiger partial charge in [0.25, 0.3) is 0 Å². The molecule has 14 heavy (non-hydrogen) atoms. The van der Waals surface area contributed by atoms with Gasteiger partial charge in [-0.2, -0.15) is 0 Å². The summed E-state index contributed by atoms with van der Waals surface area (Å²) >= 11 is 0. The van der Waals surface area contributed by atoms with Gasteiger partial charge in [0.15, 0.2) is 0 Å². The first kappa shape index (κ1) is 9.28. The number of rotatable bonds is 3. The van der Waals surface area contributed by atoms with E-state index in [1.165, 1.54) is 16.5 Å². The van der Waals surface area contributed by atoms with Crippen LogP contribution >= 0.6 is 0 Å². The number of hydrogen-bond donors (Lipinski definition) is 1. The minimum atomic E-state index is 0.671. The summed E-state index contributed by atoms with van der Waals surface area (Å²) in [7, 11) is 0. The molecule has 0 saturated carbocycles. The average Bonchev–Trinajstić information content (AvgIpc) is 2.56. The van der Waals surface area contributed by atoms with Crippen molar-refractivity contribution in [2.45, 2.75) is 20.5 Å². The van der Waals surface area contributed by atoms with Crippen LogP contribution in [0, 0.1) is 6.92 Å². The molecule has 74 valence electrons. The van der Waals surface area contributed by atoms with Crippen LogP contribution in [-0.4, -0.2) is 11.6 Å². The van der Waals surface area contributed by atoms with E-state index in [1.54, 1.807) is 0 Å². The van der Waals surface area contributed by atoms with Crippen molar-refractivity contribution < 1.29 is 4.74 Å². The number of H-pyrrole nitrogens is 1. The molecule has 1 N–H and O–H groups in total. The molecule has 0 bridgehead atoms. The number of ether oxygens (including phenoxy) is 1. The zero-order valence-electron chi connectivity index (χ0n) is 8.63. The van der Waals surface area contributed by atoms with E-state index in [-0.39, 0.29) is 0 Å². The topological polar surface area (TPSA) is 25.0 Å². The third-order valence-electron chi connectivity index (χ3n) is 2.29. The molecule has 0 aliphatic carbocycles. The molecule has 1 heterocycles. The van der Waals surface area contributed by atoms with Gasteiger partial charge in [0, 0.05) is 17.8 Å². The third kappa shape index (κ3) is 1.80. The maximum Gasteiger partial charge on any atom is 0.0865 e. The molecule has 0 unspecified atom stereocenters. The first-order chi connectivity index (χ1) is 6.79. The van der Waals surface area contributed by atoms with E-state index in [1.807, 2.05) is 6.92 Å². The van der Waals surface area contributed by atoms with Gasteiger partial charge in [0.1, 0.15) is 0 Å². The van der Waals surface area contributed by atoms with Crippen molar-refractivity contribution in [3.05, 3.63) is 35.5 Å². The summed E-state index contributed by atoms with van der Waals surface area (Å²) in [5, 5.41) is 1.26. The number of aryl methyl sites for hydroxylation is 1. The van der Waals surface area contributed by atoms with Crippen molar-refractivity contribution in [1.82, 2.24) is 4.98 Å². The van der Waals surface area contributed by atoms with Gasteiger partial charge in [0.2, 0.25) is 0 Å². The van der Waals surface area contributed by atoms with Crippen molar-refractivity contribution >= 4 is 10.9 Å². The molecule has 2 rings (SSSR count). The Morgan fingerprint density at radius 2 is 2.14 bits per heavy atom. The van der Waals surface area contributed by atoms with E-state index in [4.69, 9.17) is 4.74 Å². The molecule has 0 amide bonds. The first-order valence-corrected chi connectivity index (χ1v) is 4.95. The van der Waals surface area contributed by atoms with E-state index in [0.29, 0.717) is 6.61 Å². The fraction of sp³-hybridized carbons (Fsp3) is 0.333. The minimum Gasteiger partial charge on any atom is -0.376 e. The summed E-state index contributed by atoms with van der Waals surface area (Å²) in [5.74, 6) is 0. The monoisotopic (exact) mass is 189 g/mol. The second-order valence-corrected chi connectivity index (χ2v) is 3.52. The molecule has 1 aromatic carbocycles. The maximum atomic E-state index is 5.35. The highest BCUT2D eigenvalue weighted by atomic mass is 16.5. The Morgan fingerprint density at radius 1 is 1.29 bits per heavy atom. The smallest absolute Gasteiger partial charge is 0.0865 e. The van der Waals surface area contributed by atoms with Gasteiger partial charge in [-0.05, 0) is 37.4 Å². The highest BCUT2D eigenvalue weighted by Gasteiger charge is 2.00. The number of nitrogens with one attached hydrogen (secondary N) is 1. The fourth-order valence-electron chi connectivity index (χ4n) is 1.60. The molecule has 0 atom stereocenters. The summed E-state index contributed by atoms with van der Waals surface area (Å²) in [6, 6.07) is 8.56. The second-order valence-electron chi connectivity index (χ2n) is 3.52. The zero-order valence-corrected chi connectivity index (χ0v) is 8.63. The van der Waals surface area contributed by atoms with Crippen LogP contribution in [0.4, 0.5) is 0 Å². The summed E-state index contributed by atoms with van der Waals surface area (Å²) in [6.07, 6.45) is 0. The highest BCUT2D eigenvalue weighted by Crippen LogP contribution is 2.17. The molecule has 0 aliphatic heterocycles. The molecular formula is C12H15NO. The van der Waals surface area contributed by atoms with Crippen LogP contribution in [0.1, 0.15) is 18.2 Å². The number of hydrogen-bond acceptors (Lipinski definition) is 1. The van der Waals surface area contributed by atoms with Gasteiger partial charge in [-0.3, -0.25) is 0 Å². The lowest BCUT2D eigenvalue weighted by Crippen LogP contribution is -1.90. The van der Waals surface area contributed by atoms with Crippen LogP contribution < -0.4 is 0 Å². The number of aromatic nitrogens is 1. The van der Waals surface area contributed by atoms with Crippen molar-refractivity contribution in [3.63, 3.8) is 0 Å². The lowest BCUT2D eigenvalue weighted by Gasteiger charge is -1.95.